The lowest BCUT2D eigenvalue weighted by molar-refractivity contribution is 0.344. The average molecular weight is 297 g/mol. The molecule has 0 atom stereocenters. The van der Waals surface area contributed by atoms with Crippen LogP contribution in [0.25, 0.3) is 10.9 Å². The van der Waals surface area contributed by atoms with Crippen molar-refractivity contribution in [3.05, 3.63) is 54.9 Å². The van der Waals surface area contributed by atoms with Gasteiger partial charge < -0.3 is 10.5 Å². The first-order chi connectivity index (χ1) is 10.3. The monoisotopic (exact) mass is 297 g/mol. The lowest BCUT2D eigenvalue weighted by atomic mass is 10.2. The minimum Gasteiger partial charge on any atom is -0.493 e. The molecule has 0 saturated carbocycles. The topological polar surface area (TPSA) is 61.0 Å². The summed E-state index contributed by atoms with van der Waals surface area (Å²) in [5, 5.41) is 2.07. The Kier molecular flexibility index (Phi) is 4.21. The maximum Gasteiger partial charge on any atom is 0.119 e. The van der Waals surface area contributed by atoms with E-state index < -0.39 is 0 Å². The Morgan fingerprint density at radius 2 is 1.81 bits per heavy atom. The standard InChI is InChI=1S/C16H15N3OS/c17-12-5-7-13(8-6-12)20-9-10-21-16-14-3-1-2-4-15(14)18-11-19-16/h1-8,11H,9-10,17H2. The van der Waals surface area contributed by atoms with Crippen LogP contribution in [0, 0.1) is 0 Å². The van der Waals surface area contributed by atoms with Crippen molar-refractivity contribution in [3.63, 3.8) is 0 Å². The number of para-hydroxylation sites is 1. The predicted octanol–water partition coefficient (Wildman–Crippen LogP) is 3.38. The van der Waals surface area contributed by atoms with Crippen LogP contribution in [0.5, 0.6) is 5.75 Å². The number of nitrogens with two attached hydrogens (primary N) is 1. The number of hydrogen-bond donors (Lipinski definition) is 1. The van der Waals surface area contributed by atoms with E-state index in [0.29, 0.717) is 6.61 Å². The molecule has 1 heterocycles. The SMILES string of the molecule is Nc1ccc(OCCSc2ncnc3ccccc23)cc1. The minimum atomic E-state index is 0.618. The summed E-state index contributed by atoms with van der Waals surface area (Å²) < 4.78 is 5.67. The van der Waals surface area contributed by atoms with Crippen LogP contribution in [0.2, 0.25) is 0 Å². The molecule has 0 aliphatic carbocycles. The van der Waals surface area contributed by atoms with Crippen molar-refractivity contribution in [2.75, 3.05) is 18.1 Å². The fourth-order valence-electron chi connectivity index (χ4n) is 1.96. The van der Waals surface area contributed by atoms with Gasteiger partial charge in [0, 0.05) is 16.8 Å². The van der Waals surface area contributed by atoms with Gasteiger partial charge in [-0.3, -0.25) is 0 Å². The molecule has 0 radical (unpaired) electrons. The highest BCUT2D eigenvalue weighted by Gasteiger charge is 2.03. The maximum atomic E-state index is 5.67. The molecule has 0 unspecified atom stereocenters. The van der Waals surface area contributed by atoms with E-state index >= 15 is 0 Å². The van der Waals surface area contributed by atoms with Crippen molar-refractivity contribution in [1.29, 1.82) is 0 Å². The molecule has 1 aromatic heterocycles. The number of benzene rings is 2. The Balaban J connectivity index is 1.58. The van der Waals surface area contributed by atoms with Crippen LogP contribution >= 0.6 is 11.8 Å². The molecule has 106 valence electrons. The molecule has 0 spiro atoms. The number of ether oxygens (including phenoxy) is 1. The maximum absolute atomic E-state index is 5.67. The van der Waals surface area contributed by atoms with Crippen LogP contribution in [0.4, 0.5) is 5.69 Å². The van der Waals surface area contributed by atoms with Crippen molar-refractivity contribution in [1.82, 2.24) is 9.97 Å². The van der Waals surface area contributed by atoms with E-state index in [-0.39, 0.29) is 0 Å². The molecule has 0 aliphatic rings. The van der Waals surface area contributed by atoms with Crippen LogP contribution in [0.3, 0.4) is 0 Å². The molecule has 0 aliphatic heterocycles. The first-order valence-electron chi connectivity index (χ1n) is 6.64. The van der Waals surface area contributed by atoms with Gasteiger partial charge in [0.1, 0.15) is 17.1 Å². The zero-order valence-corrected chi connectivity index (χ0v) is 12.2. The largest absolute Gasteiger partial charge is 0.493 e. The van der Waals surface area contributed by atoms with Gasteiger partial charge in [0.25, 0.3) is 0 Å². The molecule has 0 bridgehead atoms. The van der Waals surface area contributed by atoms with Crippen LogP contribution in [-0.4, -0.2) is 22.3 Å². The van der Waals surface area contributed by atoms with E-state index in [0.717, 1.165) is 33.1 Å². The molecular weight excluding hydrogens is 282 g/mol. The van der Waals surface area contributed by atoms with Crippen LogP contribution in [0.15, 0.2) is 59.9 Å². The van der Waals surface area contributed by atoms with Gasteiger partial charge in [0.05, 0.1) is 12.1 Å². The molecule has 0 saturated heterocycles. The fraction of sp³-hybridized carbons (Fsp3) is 0.125. The summed E-state index contributed by atoms with van der Waals surface area (Å²) in [6.45, 7) is 0.618. The molecule has 4 nitrogen and oxygen atoms in total. The summed E-state index contributed by atoms with van der Waals surface area (Å²) in [5.74, 6) is 1.66. The normalized spacial score (nSPS) is 10.7. The molecule has 3 aromatic rings. The number of nitrogens with zero attached hydrogens (tertiary/aromatic N) is 2. The zero-order valence-electron chi connectivity index (χ0n) is 11.4. The molecule has 0 amide bonds. The van der Waals surface area contributed by atoms with Gasteiger partial charge in [-0.05, 0) is 30.3 Å². The van der Waals surface area contributed by atoms with E-state index in [9.17, 15) is 0 Å². The Bertz CT molecular complexity index is 726. The number of anilines is 1. The van der Waals surface area contributed by atoms with E-state index in [1.807, 2.05) is 48.5 Å². The van der Waals surface area contributed by atoms with Crippen molar-refractivity contribution in [2.45, 2.75) is 5.03 Å². The van der Waals surface area contributed by atoms with Gasteiger partial charge in [-0.15, -0.1) is 11.8 Å². The van der Waals surface area contributed by atoms with Gasteiger partial charge in [-0.2, -0.15) is 0 Å². The summed E-state index contributed by atoms with van der Waals surface area (Å²) in [4.78, 5) is 8.60. The highest BCUT2D eigenvalue weighted by atomic mass is 32.2. The molecule has 3 rings (SSSR count). The summed E-state index contributed by atoms with van der Waals surface area (Å²) in [6, 6.07) is 15.4. The molecule has 5 heteroatoms. The summed E-state index contributed by atoms with van der Waals surface area (Å²) in [7, 11) is 0. The summed E-state index contributed by atoms with van der Waals surface area (Å²) in [6.07, 6.45) is 1.60. The van der Waals surface area contributed by atoms with Crippen molar-refractivity contribution >= 4 is 28.4 Å². The highest BCUT2D eigenvalue weighted by Crippen LogP contribution is 2.24. The Labute approximate surface area is 127 Å². The molecule has 0 fully saturated rings. The van der Waals surface area contributed by atoms with Gasteiger partial charge in [-0.1, -0.05) is 18.2 Å². The lowest BCUT2D eigenvalue weighted by Gasteiger charge is -2.07. The molecule has 21 heavy (non-hydrogen) atoms. The van der Waals surface area contributed by atoms with Crippen LogP contribution in [0.1, 0.15) is 0 Å². The molecule has 2 N–H and O–H groups in total. The predicted molar refractivity (Wildman–Crippen MR) is 86.6 cm³/mol. The number of nitrogen functional groups attached to an aromatic ring is 1. The van der Waals surface area contributed by atoms with Gasteiger partial charge in [0.2, 0.25) is 0 Å². The van der Waals surface area contributed by atoms with Crippen LogP contribution < -0.4 is 10.5 Å². The minimum absolute atomic E-state index is 0.618. The Morgan fingerprint density at radius 3 is 2.67 bits per heavy atom. The second-order valence-electron chi connectivity index (χ2n) is 4.46. The Morgan fingerprint density at radius 1 is 1.00 bits per heavy atom. The van der Waals surface area contributed by atoms with Crippen molar-refractivity contribution in [3.8, 4) is 5.75 Å². The third-order valence-electron chi connectivity index (χ3n) is 2.98. The number of thioether (sulfide) groups is 1. The average Bonchev–Trinajstić information content (AvgIpc) is 2.53. The van der Waals surface area contributed by atoms with E-state index in [1.165, 1.54) is 0 Å². The zero-order chi connectivity index (χ0) is 14.5. The van der Waals surface area contributed by atoms with Gasteiger partial charge in [0.15, 0.2) is 0 Å². The lowest BCUT2D eigenvalue weighted by Crippen LogP contribution is -2.00. The number of aromatic nitrogens is 2. The van der Waals surface area contributed by atoms with Crippen molar-refractivity contribution in [2.24, 2.45) is 0 Å². The van der Waals surface area contributed by atoms with E-state index in [1.54, 1.807) is 18.1 Å². The second kappa shape index (κ2) is 6.45. The summed E-state index contributed by atoms with van der Waals surface area (Å²) >= 11 is 1.67. The number of fused-ring (bicyclic) bond motifs is 1. The quantitative estimate of drug-likeness (QED) is 0.338. The molecule has 2 aromatic carbocycles. The second-order valence-corrected chi connectivity index (χ2v) is 5.55. The van der Waals surface area contributed by atoms with Gasteiger partial charge in [-0.25, -0.2) is 9.97 Å². The number of rotatable bonds is 5. The number of hydrogen-bond acceptors (Lipinski definition) is 5. The van der Waals surface area contributed by atoms with E-state index in [4.69, 9.17) is 10.5 Å². The summed E-state index contributed by atoms with van der Waals surface area (Å²) in [5.41, 5.74) is 7.34. The smallest absolute Gasteiger partial charge is 0.119 e. The fourth-order valence-corrected chi connectivity index (χ4v) is 2.77. The van der Waals surface area contributed by atoms with E-state index in [2.05, 4.69) is 9.97 Å². The van der Waals surface area contributed by atoms with Gasteiger partial charge >= 0.3 is 0 Å². The molecular formula is C16H15N3OS. The third kappa shape index (κ3) is 3.44. The first kappa shape index (κ1) is 13.7. The van der Waals surface area contributed by atoms with Crippen LogP contribution in [-0.2, 0) is 0 Å². The Hall–Kier alpha value is -2.27. The highest BCUT2D eigenvalue weighted by molar-refractivity contribution is 7.99. The third-order valence-corrected chi connectivity index (χ3v) is 3.95. The van der Waals surface area contributed by atoms with Crippen molar-refractivity contribution < 1.29 is 4.74 Å². The first-order valence-corrected chi connectivity index (χ1v) is 7.62.